The molecule has 3 aromatic rings. The fourth-order valence-electron chi connectivity index (χ4n) is 3.64. The first-order valence-corrected chi connectivity index (χ1v) is 9.64. The van der Waals surface area contributed by atoms with E-state index in [0.717, 1.165) is 23.0 Å². The zero-order valence-corrected chi connectivity index (χ0v) is 16.7. The Kier molecular flexibility index (Phi) is 5.34. The van der Waals surface area contributed by atoms with Gasteiger partial charge >= 0.3 is 6.18 Å². The number of nitrogens with one attached hydrogen (secondary N) is 1. The van der Waals surface area contributed by atoms with Crippen LogP contribution in [0.25, 0.3) is 10.9 Å². The number of halogens is 3. The van der Waals surface area contributed by atoms with Crippen LogP contribution in [0.5, 0.6) is 5.75 Å². The summed E-state index contributed by atoms with van der Waals surface area (Å²) < 4.78 is 43.9. The number of benzene rings is 2. The third-order valence-electron chi connectivity index (χ3n) is 5.29. The normalized spacial score (nSPS) is 14.9. The summed E-state index contributed by atoms with van der Waals surface area (Å²) in [5.41, 5.74) is 0.787. The number of aromatic nitrogens is 1. The molecule has 31 heavy (non-hydrogen) atoms. The number of amides is 2. The van der Waals surface area contributed by atoms with Gasteiger partial charge in [-0.05, 0) is 42.0 Å². The fraction of sp³-hybridized carbons (Fsp3) is 0.273. The second-order valence-corrected chi connectivity index (χ2v) is 7.38. The summed E-state index contributed by atoms with van der Waals surface area (Å²) in [6.45, 7) is 0.477. The molecule has 2 aromatic carbocycles. The molecule has 1 N–H and O–H groups in total. The molecule has 0 saturated carbocycles. The second-order valence-electron chi connectivity index (χ2n) is 7.38. The number of carbonyl (C=O) groups is 2. The number of ether oxygens (including phenoxy) is 1. The van der Waals surface area contributed by atoms with Crippen molar-refractivity contribution in [2.24, 2.45) is 0 Å². The summed E-state index contributed by atoms with van der Waals surface area (Å²) in [5.74, 6) is 0.0564. The van der Waals surface area contributed by atoms with E-state index in [0.29, 0.717) is 23.6 Å². The minimum absolute atomic E-state index is 0.0664. The molecule has 2 heterocycles. The lowest BCUT2D eigenvalue weighted by Crippen LogP contribution is -2.51. The van der Waals surface area contributed by atoms with Gasteiger partial charge in [-0.1, -0.05) is 12.1 Å². The van der Waals surface area contributed by atoms with Crippen molar-refractivity contribution in [1.82, 2.24) is 14.8 Å². The van der Waals surface area contributed by atoms with Gasteiger partial charge in [-0.15, -0.1) is 0 Å². The molecule has 0 bridgehead atoms. The molecule has 1 aromatic heterocycles. The van der Waals surface area contributed by atoms with E-state index in [-0.39, 0.29) is 31.4 Å². The molecule has 2 amide bonds. The molecule has 0 aliphatic carbocycles. The van der Waals surface area contributed by atoms with Crippen molar-refractivity contribution in [3.63, 3.8) is 0 Å². The van der Waals surface area contributed by atoms with Gasteiger partial charge in [0.05, 0.1) is 12.7 Å². The fourth-order valence-corrected chi connectivity index (χ4v) is 3.64. The highest BCUT2D eigenvalue weighted by Crippen LogP contribution is 2.30. The Bertz CT molecular complexity index is 1140. The number of carbonyl (C=O) groups excluding carboxylic acids is 2. The van der Waals surface area contributed by atoms with E-state index in [2.05, 4.69) is 4.98 Å². The Morgan fingerprint density at radius 3 is 2.65 bits per heavy atom. The standard InChI is InChI=1S/C22H20F3N3O3/c1-31-17-5-6-18-15(10-17)11-19(26-18)21(30)28-8-7-27(20(29)13-28)12-14-3-2-4-16(9-14)22(23,24)25/h2-6,9-11,26H,7-8,12-13H2,1H3. The average molecular weight is 431 g/mol. The number of methoxy groups -OCH3 is 1. The molecule has 162 valence electrons. The van der Waals surface area contributed by atoms with Crippen molar-refractivity contribution in [3.05, 3.63) is 65.4 Å². The predicted molar refractivity (Wildman–Crippen MR) is 108 cm³/mol. The largest absolute Gasteiger partial charge is 0.497 e. The number of H-pyrrole nitrogens is 1. The van der Waals surface area contributed by atoms with Gasteiger partial charge in [-0.25, -0.2) is 0 Å². The van der Waals surface area contributed by atoms with Crippen LogP contribution in [0.3, 0.4) is 0 Å². The van der Waals surface area contributed by atoms with Gasteiger partial charge in [0.2, 0.25) is 5.91 Å². The zero-order valence-electron chi connectivity index (χ0n) is 16.7. The van der Waals surface area contributed by atoms with Crippen LogP contribution < -0.4 is 4.74 Å². The van der Waals surface area contributed by atoms with E-state index < -0.39 is 11.7 Å². The molecule has 0 unspecified atom stereocenters. The first-order valence-electron chi connectivity index (χ1n) is 9.64. The first kappa shape index (κ1) is 20.8. The minimum atomic E-state index is -4.44. The highest BCUT2D eigenvalue weighted by atomic mass is 19.4. The van der Waals surface area contributed by atoms with Gasteiger partial charge in [0.25, 0.3) is 5.91 Å². The van der Waals surface area contributed by atoms with E-state index >= 15 is 0 Å². The molecular weight excluding hydrogens is 411 g/mol. The number of fused-ring (bicyclic) bond motifs is 1. The number of hydrogen-bond acceptors (Lipinski definition) is 3. The van der Waals surface area contributed by atoms with E-state index in [1.54, 1.807) is 31.4 Å². The highest BCUT2D eigenvalue weighted by Gasteiger charge is 2.32. The van der Waals surface area contributed by atoms with E-state index in [1.165, 1.54) is 15.9 Å². The van der Waals surface area contributed by atoms with Crippen molar-refractivity contribution >= 4 is 22.7 Å². The van der Waals surface area contributed by atoms with E-state index in [4.69, 9.17) is 4.74 Å². The van der Waals surface area contributed by atoms with Crippen LogP contribution in [0.2, 0.25) is 0 Å². The van der Waals surface area contributed by atoms with Crippen LogP contribution in [-0.2, 0) is 17.5 Å². The minimum Gasteiger partial charge on any atom is -0.497 e. The zero-order chi connectivity index (χ0) is 22.2. The maximum Gasteiger partial charge on any atom is 0.416 e. The van der Waals surface area contributed by atoms with Crippen molar-refractivity contribution in [3.8, 4) is 5.75 Å². The number of alkyl halides is 3. The average Bonchev–Trinajstić information content (AvgIpc) is 3.17. The lowest BCUT2D eigenvalue weighted by molar-refractivity contribution is -0.137. The van der Waals surface area contributed by atoms with Crippen LogP contribution in [0.4, 0.5) is 13.2 Å². The highest BCUT2D eigenvalue weighted by molar-refractivity contribution is 6.00. The van der Waals surface area contributed by atoms with Gasteiger partial charge in [0, 0.05) is 30.5 Å². The number of nitrogens with zero attached hydrogens (tertiary/aromatic N) is 2. The Balaban J connectivity index is 1.43. The number of hydrogen-bond donors (Lipinski definition) is 1. The van der Waals surface area contributed by atoms with Gasteiger partial charge in [0.1, 0.15) is 18.0 Å². The predicted octanol–water partition coefficient (Wildman–Crippen LogP) is 3.68. The van der Waals surface area contributed by atoms with E-state index in [1.807, 2.05) is 6.07 Å². The molecule has 1 saturated heterocycles. The Labute approximate surface area is 176 Å². The Morgan fingerprint density at radius 1 is 1.13 bits per heavy atom. The first-order chi connectivity index (χ1) is 14.7. The molecule has 9 heteroatoms. The van der Waals surface area contributed by atoms with Crippen LogP contribution in [0.15, 0.2) is 48.5 Å². The van der Waals surface area contributed by atoms with Crippen LogP contribution in [0, 0.1) is 0 Å². The van der Waals surface area contributed by atoms with Gasteiger partial charge < -0.3 is 19.5 Å². The summed E-state index contributed by atoms with van der Waals surface area (Å²) in [4.78, 5) is 31.4. The summed E-state index contributed by atoms with van der Waals surface area (Å²) in [6, 6.07) is 12.0. The van der Waals surface area contributed by atoms with Crippen molar-refractivity contribution in [2.45, 2.75) is 12.7 Å². The smallest absolute Gasteiger partial charge is 0.416 e. The number of rotatable bonds is 4. The maximum absolute atomic E-state index is 12.9. The van der Waals surface area contributed by atoms with Gasteiger partial charge in [0.15, 0.2) is 0 Å². The molecule has 1 aliphatic heterocycles. The summed E-state index contributed by atoms with van der Waals surface area (Å²) in [6.07, 6.45) is -4.44. The summed E-state index contributed by atoms with van der Waals surface area (Å²) >= 11 is 0. The quantitative estimate of drug-likeness (QED) is 0.686. The molecule has 4 rings (SSSR count). The number of piperazine rings is 1. The Hall–Kier alpha value is -3.49. The molecule has 1 aliphatic rings. The molecule has 0 radical (unpaired) electrons. The molecule has 6 nitrogen and oxygen atoms in total. The molecule has 1 fully saturated rings. The lowest BCUT2D eigenvalue weighted by atomic mass is 10.1. The summed E-state index contributed by atoms with van der Waals surface area (Å²) in [5, 5.41) is 0.817. The molecule has 0 atom stereocenters. The third-order valence-corrected chi connectivity index (χ3v) is 5.29. The van der Waals surface area contributed by atoms with Crippen molar-refractivity contribution in [1.29, 1.82) is 0 Å². The van der Waals surface area contributed by atoms with Crippen LogP contribution in [-0.4, -0.2) is 53.3 Å². The third kappa shape index (κ3) is 4.35. The summed E-state index contributed by atoms with van der Waals surface area (Å²) in [7, 11) is 1.56. The second kappa shape index (κ2) is 7.98. The molecular formula is C22H20F3N3O3. The van der Waals surface area contributed by atoms with Crippen LogP contribution >= 0.6 is 0 Å². The van der Waals surface area contributed by atoms with Crippen molar-refractivity contribution in [2.75, 3.05) is 26.7 Å². The topological polar surface area (TPSA) is 65.6 Å². The lowest BCUT2D eigenvalue weighted by Gasteiger charge is -2.34. The molecule has 0 spiro atoms. The van der Waals surface area contributed by atoms with Gasteiger partial charge in [-0.3, -0.25) is 9.59 Å². The van der Waals surface area contributed by atoms with Crippen molar-refractivity contribution < 1.29 is 27.5 Å². The number of aromatic amines is 1. The maximum atomic E-state index is 12.9. The monoisotopic (exact) mass is 431 g/mol. The SMILES string of the molecule is COc1ccc2[nH]c(C(=O)N3CCN(Cc4cccc(C(F)(F)F)c4)C(=O)C3)cc2c1. The Morgan fingerprint density at radius 2 is 1.94 bits per heavy atom. The van der Waals surface area contributed by atoms with Gasteiger partial charge in [-0.2, -0.15) is 13.2 Å². The van der Waals surface area contributed by atoms with Crippen LogP contribution in [0.1, 0.15) is 21.6 Å². The van der Waals surface area contributed by atoms with E-state index in [9.17, 15) is 22.8 Å².